The molecule has 0 aromatic carbocycles. The van der Waals surface area contributed by atoms with Crippen LogP contribution in [0.4, 0.5) is 5.82 Å². The van der Waals surface area contributed by atoms with E-state index in [1.54, 1.807) is 6.20 Å². The molecular formula is C15H23N3OS. The van der Waals surface area contributed by atoms with Gasteiger partial charge in [0, 0.05) is 24.0 Å². The second-order valence-corrected chi connectivity index (χ2v) is 7.13. The molecule has 1 fully saturated rings. The molecule has 5 heteroatoms. The highest BCUT2D eigenvalue weighted by Crippen LogP contribution is 2.36. The van der Waals surface area contributed by atoms with Gasteiger partial charge in [-0.05, 0) is 44.1 Å². The maximum Gasteiger partial charge on any atom is 0.252 e. The van der Waals surface area contributed by atoms with Crippen LogP contribution in [-0.2, 0) is 0 Å². The zero-order valence-electron chi connectivity index (χ0n) is 12.2. The van der Waals surface area contributed by atoms with E-state index in [1.807, 2.05) is 23.9 Å². The van der Waals surface area contributed by atoms with Gasteiger partial charge in [-0.1, -0.05) is 6.92 Å². The summed E-state index contributed by atoms with van der Waals surface area (Å²) in [4.78, 5) is 16.3. The summed E-state index contributed by atoms with van der Waals surface area (Å²) in [6.45, 7) is 5.96. The first-order valence-corrected chi connectivity index (χ1v) is 8.24. The van der Waals surface area contributed by atoms with Gasteiger partial charge in [0.05, 0.1) is 5.56 Å². The molecule has 1 aromatic heterocycles. The highest BCUT2D eigenvalue weighted by molar-refractivity contribution is 8.00. The molecule has 110 valence electrons. The van der Waals surface area contributed by atoms with Crippen LogP contribution in [-0.4, -0.2) is 34.5 Å². The number of nitrogens with zero attached hydrogens (tertiary/aromatic N) is 1. The minimum Gasteiger partial charge on any atom is -0.370 e. The Morgan fingerprint density at radius 3 is 2.95 bits per heavy atom. The van der Waals surface area contributed by atoms with Gasteiger partial charge in [-0.15, -0.1) is 0 Å². The molecule has 20 heavy (non-hydrogen) atoms. The summed E-state index contributed by atoms with van der Waals surface area (Å²) in [7, 11) is 0. The average molecular weight is 293 g/mol. The molecule has 0 aliphatic carbocycles. The van der Waals surface area contributed by atoms with Crippen LogP contribution in [0.25, 0.3) is 0 Å². The SMILES string of the molecule is CCCNc1ccc(C(=O)NCC2(C)CCCS2)cn1. The Bertz CT molecular complexity index is 441. The smallest absolute Gasteiger partial charge is 0.252 e. The Morgan fingerprint density at radius 2 is 2.35 bits per heavy atom. The maximum atomic E-state index is 12.1. The minimum atomic E-state index is -0.0340. The summed E-state index contributed by atoms with van der Waals surface area (Å²) in [5.74, 6) is 1.99. The summed E-state index contributed by atoms with van der Waals surface area (Å²) >= 11 is 1.95. The van der Waals surface area contributed by atoms with Crippen molar-refractivity contribution in [2.24, 2.45) is 0 Å². The quantitative estimate of drug-likeness (QED) is 0.847. The minimum absolute atomic E-state index is 0.0340. The van der Waals surface area contributed by atoms with Gasteiger partial charge in [-0.25, -0.2) is 4.98 Å². The molecule has 4 nitrogen and oxygen atoms in total. The fourth-order valence-corrected chi connectivity index (χ4v) is 3.48. The van der Waals surface area contributed by atoms with Crippen LogP contribution >= 0.6 is 11.8 Å². The van der Waals surface area contributed by atoms with E-state index in [9.17, 15) is 4.79 Å². The van der Waals surface area contributed by atoms with Gasteiger partial charge in [-0.2, -0.15) is 11.8 Å². The van der Waals surface area contributed by atoms with E-state index < -0.39 is 0 Å². The van der Waals surface area contributed by atoms with Crippen molar-refractivity contribution in [2.75, 3.05) is 24.2 Å². The van der Waals surface area contributed by atoms with E-state index in [0.29, 0.717) is 5.56 Å². The van der Waals surface area contributed by atoms with Crippen molar-refractivity contribution in [1.82, 2.24) is 10.3 Å². The Morgan fingerprint density at radius 1 is 1.50 bits per heavy atom. The predicted molar refractivity (Wildman–Crippen MR) is 85.4 cm³/mol. The largest absolute Gasteiger partial charge is 0.370 e. The van der Waals surface area contributed by atoms with Gasteiger partial charge in [0.25, 0.3) is 5.91 Å². The third-order valence-corrected chi connectivity index (χ3v) is 5.04. The number of thioether (sulfide) groups is 1. The summed E-state index contributed by atoms with van der Waals surface area (Å²) in [6.07, 6.45) is 5.12. The fraction of sp³-hybridized carbons (Fsp3) is 0.600. The maximum absolute atomic E-state index is 12.1. The van der Waals surface area contributed by atoms with Gasteiger partial charge in [0.15, 0.2) is 0 Å². The molecular weight excluding hydrogens is 270 g/mol. The molecule has 0 radical (unpaired) electrons. The lowest BCUT2D eigenvalue weighted by Crippen LogP contribution is -2.36. The Hall–Kier alpha value is -1.23. The first-order chi connectivity index (χ1) is 9.63. The van der Waals surface area contributed by atoms with Gasteiger partial charge < -0.3 is 10.6 Å². The molecule has 2 N–H and O–H groups in total. The summed E-state index contributed by atoms with van der Waals surface area (Å²) < 4.78 is 0.200. The second kappa shape index (κ2) is 6.97. The Labute approximate surface area is 125 Å². The van der Waals surface area contributed by atoms with Crippen LogP contribution in [0, 0.1) is 0 Å². The average Bonchev–Trinajstić information content (AvgIpc) is 2.90. The summed E-state index contributed by atoms with van der Waals surface area (Å²) in [5, 5.41) is 6.22. The molecule has 1 atom stereocenters. The van der Waals surface area contributed by atoms with Crippen molar-refractivity contribution in [3.8, 4) is 0 Å². The standard InChI is InChI=1S/C15H23N3OS/c1-3-8-16-13-6-5-12(10-17-13)14(19)18-11-15(2)7-4-9-20-15/h5-6,10H,3-4,7-9,11H2,1-2H3,(H,16,17)(H,18,19). The van der Waals surface area contributed by atoms with Gasteiger partial charge >= 0.3 is 0 Å². The predicted octanol–water partition coefficient (Wildman–Crippen LogP) is 2.92. The number of carbonyl (C=O) groups is 1. The monoisotopic (exact) mass is 293 g/mol. The van der Waals surface area contributed by atoms with Crippen molar-refractivity contribution in [3.63, 3.8) is 0 Å². The third-order valence-electron chi connectivity index (χ3n) is 3.51. The first-order valence-electron chi connectivity index (χ1n) is 7.25. The van der Waals surface area contributed by atoms with Gasteiger partial charge in [0.2, 0.25) is 0 Å². The van der Waals surface area contributed by atoms with Crippen molar-refractivity contribution < 1.29 is 4.79 Å². The van der Waals surface area contributed by atoms with E-state index in [-0.39, 0.29) is 10.7 Å². The number of anilines is 1. The molecule has 1 aliphatic rings. The normalized spacial score (nSPS) is 21.7. The van der Waals surface area contributed by atoms with Crippen molar-refractivity contribution in [3.05, 3.63) is 23.9 Å². The van der Waals surface area contributed by atoms with E-state index in [1.165, 1.54) is 18.6 Å². The number of nitrogens with one attached hydrogen (secondary N) is 2. The lowest BCUT2D eigenvalue weighted by molar-refractivity contribution is 0.0949. The van der Waals surface area contributed by atoms with Crippen LogP contribution in [0.15, 0.2) is 18.3 Å². The molecule has 2 rings (SSSR count). The number of hydrogen-bond acceptors (Lipinski definition) is 4. The van der Waals surface area contributed by atoms with E-state index in [2.05, 4.69) is 29.5 Å². The number of hydrogen-bond donors (Lipinski definition) is 2. The Balaban J connectivity index is 1.85. The second-order valence-electron chi connectivity index (χ2n) is 5.44. The van der Waals surface area contributed by atoms with Crippen LogP contribution < -0.4 is 10.6 Å². The molecule has 1 aromatic rings. The molecule has 1 unspecified atom stereocenters. The zero-order valence-corrected chi connectivity index (χ0v) is 13.1. The molecule has 0 saturated carbocycles. The van der Waals surface area contributed by atoms with Crippen LogP contribution in [0.1, 0.15) is 43.5 Å². The lowest BCUT2D eigenvalue weighted by Gasteiger charge is -2.22. The first kappa shape index (κ1) is 15.2. The molecule has 2 heterocycles. The number of rotatable bonds is 6. The highest BCUT2D eigenvalue weighted by Gasteiger charge is 2.29. The molecule has 1 aliphatic heterocycles. The lowest BCUT2D eigenvalue weighted by atomic mass is 10.1. The summed E-state index contributed by atoms with van der Waals surface area (Å²) in [5.41, 5.74) is 0.624. The van der Waals surface area contributed by atoms with Crippen molar-refractivity contribution in [1.29, 1.82) is 0 Å². The number of aromatic nitrogens is 1. The summed E-state index contributed by atoms with van der Waals surface area (Å²) in [6, 6.07) is 3.68. The molecule has 1 amide bonds. The van der Waals surface area contributed by atoms with Crippen LogP contribution in [0.5, 0.6) is 0 Å². The van der Waals surface area contributed by atoms with Gasteiger partial charge in [-0.3, -0.25) is 4.79 Å². The topological polar surface area (TPSA) is 54.0 Å². The number of amides is 1. The Kier molecular flexibility index (Phi) is 5.29. The van der Waals surface area contributed by atoms with E-state index >= 15 is 0 Å². The van der Waals surface area contributed by atoms with Crippen molar-refractivity contribution >= 4 is 23.5 Å². The van der Waals surface area contributed by atoms with Gasteiger partial charge in [0.1, 0.15) is 5.82 Å². The molecule has 0 bridgehead atoms. The van der Waals surface area contributed by atoms with Crippen molar-refractivity contribution in [2.45, 2.75) is 37.9 Å². The zero-order chi connectivity index (χ0) is 14.4. The van der Waals surface area contributed by atoms with Crippen LogP contribution in [0.3, 0.4) is 0 Å². The van der Waals surface area contributed by atoms with E-state index in [4.69, 9.17) is 0 Å². The molecule has 0 spiro atoms. The number of pyridine rings is 1. The number of carbonyl (C=O) groups excluding carboxylic acids is 1. The molecule has 1 saturated heterocycles. The van der Waals surface area contributed by atoms with E-state index in [0.717, 1.165) is 25.3 Å². The third kappa shape index (κ3) is 4.13. The highest BCUT2D eigenvalue weighted by atomic mass is 32.2. The fourth-order valence-electron chi connectivity index (χ4n) is 2.23. The van der Waals surface area contributed by atoms with Crippen LogP contribution in [0.2, 0.25) is 0 Å².